The summed E-state index contributed by atoms with van der Waals surface area (Å²) in [7, 11) is 1.54. The Labute approximate surface area is 97.6 Å². The summed E-state index contributed by atoms with van der Waals surface area (Å²) in [4.78, 5) is 8.18. The van der Waals surface area contributed by atoms with Crippen molar-refractivity contribution in [3.63, 3.8) is 0 Å². The number of hydrogen-bond donors (Lipinski definition) is 1. The van der Waals surface area contributed by atoms with Crippen LogP contribution < -0.4 is 4.74 Å². The molecule has 2 rings (SSSR count). The molecule has 0 aliphatic rings. The Morgan fingerprint density at radius 3 is 3.00 bits per heavy atom. The van der Waals surface area contributed by atoms with E-state index in [1.807, 2.05) is 11.4 Å². The zero-order chi connectivity index (χ0) is 11.4. The van der Waals surface area contributed by atoms with Gasteiger partial charge in [0, 0.05) is 29.8 Å². The van der Waals surface area contributed by atoms with Crippen molar-refractivity contribution in [2.24, 2.45) is 0 Å². The highest BCUT2D eigenvalue weighted by Crippen LogP contribution is 2.25. The Morgan fingerprint density at radius 1 is 1.44 bits per heavy atom. The highest BCUT2D eigenvalue weighted by atomic mass is 32.1. The highest BCUT2D eigenvalue weighted by molar-refractivity contribution is 7.09. The molecule has 0 aliphatic carbocycles. The summed E-state index contributed by atoms with van der Waals surface area (Å²) in [6.07, 6.45) is 3.22. The molecule has 16 heavy (non-hydrogen) atoms. The standard InChI is InChI=1S/C11H12N2O2S/c1-15-11-8(3-2-4-13-11)9(14)7-10-12-5-6-16-10/h2-6,9,14H,7H2,1H3. The molecule has 0 aromatic carbocycles. The smallest absolute Gasteiger partial charge is 0.218 e. The van der Waals surface area contributed by atoms with Crippen molar-refractivity contribution in [1.29, 1.82) is 0 Å². The van der Waals surface area contributed by atoms with E-state index in [1.165, 1.54) is 11.3 Å². The quantitative estimate of drug-likeness (QED) is 0.879. The lowest BCUT2D eigenvalue weighted by Gasteiger charge is -2.12. The molecular formula is C11H12N2O2S. The third-order valence-electron chi connectivity index (χ3n) is 2.20. The lowest BCUT2D eigenvalue weighted by atomic mass is 10.1. The number of rotatable bonds is 4. The molecule has 1 atom stereocenters. The van der Waals surface area contributed by atoms with Gasteiger partial charge in [0.25, 0.3) is 0 Å². The van der Waals surface area contributed by atoms with E-state index < -0.39 is 6.10 Å². The molecule has 2 heterocycles. The van der Waals surface area contributed by atoms with Crippen LogP contribution in [0, 0.1) is 0 Å². The van der Waals surface area contributed by atoms with Crippen molar-refractivity contribution in [1.82, 2.24) is 9.97 Å². The molecule has 5 heteroatoms. The van der Waals surface area contributed by atoms with Gasteiger partial charge in [-0.1, -0.05) is 0 Å². The Morgan fingerprint density at radius 2 is 2.31 bits per heavy atom. The van der Waals surface area contributed by atoms with Crippen LogP contribution in [-0.4, -0.2) is 22.2 Å². The number of methoxy groups -OCH3 is 1. The topological polar surface area (TPSA) is 55.2 Å². The predicted octanol–water partition coefficient (Wildman–Crippen LogP) is 1.82. The van der Waals surface area contributed by atoms with Crippen LogP contribution in [0.2, 0.25) is 0 Å². The third kappa shape index (κ3) is 2.37. The van der Waals surface area contributed by atoms with E-state index in [1.54, 1.807) is 25.6 Å². The maximum absolute atomic E-state index is 10.1. The molecule has 0 saturated heterocycles. The number of nitrogens with zero attached hydrogens (tertiary/aromatic N) is 2. The number of thiazole rings is 1. The van der Waals surface area contributed by atoms with E-state index in [2.05, 4.69) is 9.97 Å². The lowest BCUT2D eigenvalue weighted by Crippen LogP contribution is -2.04. The number of hydrogen-bond acceptors (Lipinski definition) is 5. The number of aliphatic hydroxyl groups is 1. The maximum atomic E-state index is 10.1. The molecular weight excluding hydrogens is 224 g/mol. The Balaban J connectivity index is 2.17. The van der Waals surface area contributed by atoms with Crippen LogP contribution in [0.4, 0.5) is 0 Å². The molecule has 0 bridgehead atoms. The minimum Gasteiger partial charge on any atom is -0.481 e. The number of aromatic nitrogens is 2. The van der Waals surface area contributed by atoms with E-state index in [0.29, 0.717) is 17.9 Å². The summed E-state index contributed by atoms with van der Waals surface area (Å²) in [6.45, 7) is 0. The van der Waals surface area contributed by atoms with Crippen LogP contribution in [0.5, 0.6) is 5.88 Å². The van der Waals surface area contributed by atoms with Crippen molar-refractivity contribution >= 4 is 11.3 Å². The fourth-order valence-electron chi connectivity index (χ4n) is 1.46. The van der Waals surface area contributed by atoms with Gasteiger partial charge in [0.1, 0.15) is 0 Å². The van der Waals surface area contributed by atoms with Crippen LogP contribution in [0.1, 0.15) is 16.7 Å². The summed E-state index contributed by atoms with van der Waals surface area (Å²) < 4.78 is 5.10. The van der Waals surface area contributed by atoms with Gasteiger partial charge in [-0.3, -0.25) is 0 Å². The normalized spacial score (nSPS) is 12.4. The zero-order valence-corrected chi connectivity index (χ0v) is 9.65. The van der Waals surface area contributed by atoms with Gasteiger partial charge in [-0.2, -0.15) is 0 Å². The molecule has 0 spiro atoms. The van der Waals surface area contributed by atoms with E-state index in [0.717, 1.165) is 5.01 Å². The molecule has 4 nitrogen and oxygen atoms in total. The molecule has 0 radical (unpaired) electrons. The van der Waals surface area contributed by atoms with E-state index in [9.17, 15) is 5.11 Å². The van der Waals surface area contributed by atoms with Crippen molar-refractivity contribution in [2.45, 2.75) is 12.5 Å². The summed E-state index contributed by atoms with van der Waals surface area (Å²) in [6, 6.07) is 3.59. The minimum atomic E-state index is -0.630. The summed E-state index contributed by atoms with van der Waals surface area (Å²) in [5, 5.41) is 12.8. The van der Waals surface area contributed by atoms with Gasteiger partial charge in [-0.25, -0.2) is 9.97 Å². The van der Waals surface area contributed by atoms with Gasteiger partial charge >= 0.3 is 0 Å². The van der Waals surface area contributed by atoms with Gasteiger partial charge in [-0.05, 0) is 12.1 Å². The van der Waals surface area contributed by atoms with Crippen molar-refractivity contribution in [3.05, 3.63) is 40.5 Å². The molecule has 1 unspecified atom stereocenters. The SMILES string of the molecule is COc1ncccc1C(O)Cc1nccs1. The summed E-state index contributed by atoms with van der Waals surface area (Å²) in [5.41, 5.74) is 0.695. The minimum absolute atomic E-state index is 0.464. The van der Waals surface area contributed by atoms with Crippen LogP contribution in [0.15, 0.2) is 29.9 Å². The lowest BCUT2D eigenvalue weighted by molar-refractivity contribution is 0.173. The van der Waals surface area contributed by atoms with Gasteiger partial charge in [0.15, 0.2) is 0 Å². The monoisotopic (exact) mass is 236 g/mol. The van der Waals surface area contributed by atoms with E-state index in [-0.39, 0.29) is 0 Å². The first-order valence-corrected chi connectivity index (χ1v) is 5.74. The molecule has 2 aromatic rings. The van der Waals surface area contributed by atoms with E-state index in [4.69, 9.17) is 4.74 Å². The summed E-state index contributed by atoms with van der Waals surface area (Å²) >= 11 is 1.53. The van der Waals surface area contributed by atoms with Crippen LogP contribution in [0.3, 0.4) is 0 Å². The highest BCUT2D eigenvalue weighted by Gasteiger charge is 2.15. The molecule has 0 saturated carbocycles. The molecule has 2 aromatic heterocycles. The van der Waals surface area contributed by atoms with Gasteiger partial charge in [0.2, 0.25) is 5.88 Å². The van der Waals surface area contributed by atoms with Gasteiger partial charge in [-0.15, -0.1) is 11.3 Å². The zero-order valence-electron chi connectivity index (χ0n) is 8.83. The Kier molecular flexibility index (Phi) is 3.48. The molecule has 0 amide bonds. The number of ether oxygens (including phenoxy) is 1. The van der Waals surface area contributed by atoms with Crippen molar-refractivity contribution in [2.75, 3.05) is 7.11 Å². The molecule has 0 aliphatic heterocycles. The first kappa shape index (κ1) is 11.0. The first-order chi connectivity index (χ1) is 7.81. The number of pyridine rings is 1. The van der Waals surface area contributed by atoms with E-state index >= 15 is 0 Å². The number of aliphatic hydroxyl groups excluding tert-OH is 1. The first-order valence-electron chi connectivity index (χ1n) is 4.86. The molecule has 1 N–H and O–H groups in total. The van der Waals surface area contributed by atoms with Gasteiger partial charge < -0.3 is 9.84 Å². The van der Waals surface area contributed by atoms with Crippen molar-refractivity contribution in [3.8, 4) is 5.88 Å². The fourth-order valence-corrected chi connectivity index (χ4v) is 2.11. The second-order valence-corrected chi connectivity index (χ2v) is 4.23. The Bertz CT molecular complexity index is 445. The van der Waals surface area contributed by atoms with Gasteiger partial charge in [0.05, 0.1) is 18.2 Å². The van der Waals surface area contributed by atoms with Crippen LogP contribution >= 0.6 is 11.3 Å². The largest absolute Gasteiger partial charge is 0.481 e. The fraction of sp³-hybridized carbons (Fsp3) is 0.273. The van der Waals surface area contributed by atoms with Crippen LogP contribution in [0.25, 0.3) is 0 Å². The Hall–Kier alpha value is -1.46. The molecule has 0 fully saturated rings. The maximum Gasteiger partial charge on any atom is 0.218 e. The average molecular weight is 236 g/mol. The predicted molar refractivity (Wildman–Crippen MR) is 61.6 cm³/mol. The average Bonchev–Trinajstić information content (AvgIpc) is 2.81. The van der Waals surface area contributed by atoms with Crippen LogP contribution in [-0.2, 0) is 6.42 Å². The van der Waals surface area contributed by atoms with Crippen molar-refractivity contribution < 1.29 is 9.84 Å². The third-order valence-corrected chi connectivity index (χ3v) is 3.01. The molecule has 84 valence electrons. The second-order valence-electron chi connectivity index (χ2n) is 3.25. The second kappa shape index (κ2) is 5.05. The summed E-state index contributed by atoms with van der Waals surface area (Å²) in [5.74, 6) is 0.464.